The van der Waals surface area contributed by atoms with Crippen LogP contribution in [0.15, 0.2) is 5.16 Å². The molecule has 1 rings (SSSR count). The molecule has 5 nitrogen and oxygen atoms in total. The summed E-state index contributed by atoms with van der Waals surface area (Å²) in [5.41, 5.74) is 2.39. The van der Waals surface area contributed by atoms with Crippen LogP contribution in [0, 0.1) is 0 Å². The lowest BCUT2D eigenvalue weighted by Gasteiger charge is -2.09. The third-order valence-electron chi connectivity index (χ3n) is 0.750. The van der Waals surface area contributed by atoms with Crippen molar-refractivity contribution in [2.75, 3.05) is 6.54 Å². The van der Waals surface area contributed by atoms with Crippen molar-refractivity contribution in [2.45, 2.75) is 6.92 Å². The summed E-state index contributed by atoms with van der Waals surface area (Å²) in [5, 5.41) is 4.64. The van der Waals surface area contributed by atoms with Crippen LogP contribution in [-0.2, 0) is 9.73 Å². The smallest absolute Gasteiger partial charge is 0.233 e. The molecule has 0 aromatic heterocycles. The zero-order valence-electron chi connectivity index (χ0n) is 5.00. The molecule has 0 unspecified atom stereocenters. The Balaban J connectivity index is 2.22. The number of amides is 1. The number of nitrogens with one attached hydrogen (secondary N) is 1. The van der Waals surface area contributed by atoms with Gasteiger partial charge in [-0.05, 0) is 5.17 Å². The van der Waals surface area contributed by atoms with Gasteiger partial charge in [-0.1, -0.05) is 5.16 Å². The molecule has 0 saturated carbocycles. The van der Waals surface area contributed by atoms with Crippen LogP contribution in [0.1, 0.15) is 6.92 Å². The average molecular weight is 129 g/mol. The van der Waals surface area contributed by atoms with Gasteiger partial charge in [-0.15, -0.1) is 0 Å². The number of hydrogen-bond donors (Lipinski definition) is 1. The van der Waals surface area contributed by atoms with E-state index in [-0.39, 0.29) is 5.91 Å². The van der Waals surface area contributed by atoms with Crippen molar-refractivity contribution in [2.24, 2.45) is 5.16 Å². The summed E-state index contributed by atoms with van der Waals surface area (Å²) >= 11 is 0. The Labute approximate surface area is 52.2 Å². The highest BCUT2D eigenvalue weighted by molar-refractivity contribution is 5.72. The average Bonchev–Trinajstić information content (AvgIpc) is 2.15. The predicted octanol–water partition coefficient (Wildman–Crippen LogP) is -0.730. The molecular weight excluding hydrogens is 122 g/mol. The second-order valence-electron chi connectivity index (χ2n) is 1.60. The van der Waals surface area contributed by atoms with E-state index in [0.29, 0.717) is 6.54 Å². The van der Waals surface area contributed by atoms with Crippen LogP contribution in [0.4, 0.5) is 0 Å². The lowest BCUT2D eigenvalue weighted by Crippen LogP contribution is -2.38. The Bertz CT molecular complexity index is 137. The van der Waals surface area contributed by atoms with Crippen molar-refractivity contribution in [1.82, 2.24) is 10.6 Å². The number of rotatable bonds is 1. The van der Waals surface area contributed by atoms with E-state index in [0.717, 1.165) is 0 Å². The van der Waals surface area contributed by atoms with Gasteiger partial charge in [-0.3, -0.25) is 15.2 Å². The molecule has 1 N–H and O–H groups in total. The highest BCUT2D eigenvalue weighted by Gasteiger charge is 2.08. The fourth-order valence-electron chi connectivity index (χ4n) is 0.473. The number of hydrogen-bond acceptors (Lipinski definition) is 4. The number of hydrazine groups is 1. The molecule has 0 aromatic carbocycles. The number of carbonyl (C=O) groups excluding carboxylic acids is 1. The minimum atomic E-state index is -0.166. The molecule has 0 fully saturated rings. The van der Waals surface area contributed by atoms with Crippen molar-refractivity contribution >= 4 is 12.1 Å². The van der Waals surface area contributed by atoms with Crippen LogP contribution >= 0.6 is 0 Å². The van der Waals surface area contributed by atoms with Gasteiger partial charge in [0.1, 0.15) is 0 Å². The highest BCUT2D eigenvalue weighted by atomic mass is 16.8. The Morgan fingerprint density at radius 3 is 3.22 bits per heavy atom. The maximum Gasteiger partial charge on any atom is 0.233 e. The fourth-order valence-corrected chi connectivity index (χ4v) is 0.473. The Morgan fingerprint density at radius 1 is 2.00 bits per heavy atom. The number of oxime groups is 1. The molecule has 1 amide bonds. The number of carbonyl (C=O) groups is 1. The van der Waals surface area contributed by atoms with Gasteiger partial charge in [0.25, 0.3) is 0 Å². The zero-order chi connectivity index (χ0) is 6.69. The van der Waals surface area contributed by atoms with E-state index >= 15 is 0 Å². The molecule has 0 bridgehead atoms. The SMILES string of the molecule is CC(=O)NN1CC=NO1. The number of nitrogens with zero attached hydrogens (tertiary/aromatic N) is 2. The Hall–Kier alpha value is -1.10. The van der Waals surface area contributed by atoms with Gasteiger partial charge in [-0.2, -0.15) is 0 Å². The zero-order valence-corrected chi connectivity index (χ0v) is 5.00. The van der Waals surface area contributed by atoms with Gasteiger partial charge < -0.3 is 0 Å². The predicted molar refractivity (Wildman–Crippen MR) is 30.1 cm³/mol. The topological polar surface area (TPSA) is 53.9 Å². The molecule has 0 saturated heterocycles. The highest BCUT2D eigenvalue weighted by Crippen LogP contribution is 1.90. The summed E-state index contributed by atoms with van der Waals surface area (Å²) in [5.74, 6) is -0.166. The van der Waals surface area contributed by atoms with E-state index in [4.69, 9.17) is 0 Å². The van der Waals surface area contributed by atoms with Gasteiger partial charge in [0.2, 0.25) is 5.91 Å². The minimum absolute atomic E-state index is 0.166. The second-order valence-corrected chi connectivity index (χ2v) is 1.60. The molecule has 1 aliphatic heterocycles. The van der Waals surface area contributed by atoms with Gasteiger partial charge in [-0.25, -0.2) is 0 Å². The van der Waals surface area contributed by atoms with E-state index in [1.807, 2.05) is 0 Å². The first-order chi connectivity index (χ1) is 4.29. The van der Waals surface area contributed by atoms with Crippen molar-refractivity contribution in [3.63, 3.8) is 0 Å². The molecule has 1 aliphatic rings. The standard InChI is InChI=1S/C4H7N3O2/c1-4(8)6-7-3-2-5-9-7/h2H,3H2,1H3,(H,6,8). The normalized spacial score (nSPS) is 17.4. The molecule has 0 radical (unpaired) electrons. The molecule has 5 heteroatoms. The summed E-state index contributed by atoms with van der Waals surface area (Å²) in [6.07, 6.45) is 1.55. The van der Waals surface area contributed by atoms with Crippen LogP contribution in [0.25, 0.3) is 0 Å². The first-order valence-corrected chi connectivity index (χ1v) is 2.53. The maximum absolute atomic E-state index is 10.3. The monoisotopic (exact) mass is 129 g/mol. The van der Waals surface area contributed by atoms with E-state index < -0.39 is 0 Å². The fraction of sp³-hybridized carbons (Fsp3) is 0.500. The summed E-state index contributed by atoms with van der Waals surface area (Å²) in [6.45, 7) is 1.90. The minimum Gasteiger partial charge on any atom is -0.277 e. The lowest BCUT2D eigenvalue weighted by atomic mass is 10.7. The van der Waals surface area contributed by atoms with Crippen LogP contribution in [0.3, 0.4) is 0 Å². The van der Waals surface area contributed by atoms with Gasteiger partial charge in [0.05, 0.1) is 12.8 Å². The van der Waals surface area contributed by atoms with Crippen molar-refractivity contribution < 1.29 is 9.73 Å². The van der Waals surface area contributed by atoms with E-state index in [1.165, 1.54) is 12.1 Å². The Morgan fingerprint density at radius 2 is 2.78 bits per heavy atom. The molecular formula is C4H7N3O2. The Kier molecular flexibility index (Phi) is 1.64. The van der Waals surface area contributed by atoms with Crippen LogP contribution in [0.2, 0.25) is 0 Å². The van der Waals surface area contributed by atoms with Crippen LogP contribution < -0.4 is 5.43 Å². The van der Waals surface area contributed by atoms with Gasteiger partial charge in [0.15, 0.2) is 0 Å². The largest absolute Gasteiger partial charge is 0.277 e. The summed E-state index contributed by atoms with van der Waals surface area (Å²) < 4.78 is 0. The molecule has 0 spiro atoms. The lowest BCUT2D eigenvalue weighted by molar-refractivity contribution is -0.177. The van der Waals surface area contributed by atoms with E-state index in [1.54, 1.807) is 6.21 Å². The molecule has 1 heterocycles. The van der Waals surface area contributed by atoms with E-state index in [9.17, 15) is 4.79 Å². The molecule has 9 heavy (non-hydrogen) atoms. The molecule has 0 aliphatic carbocycles. The first kappa shape index (κ1) is 6.03. The van der Waals surface area contributed by atoms with Crippen LogP contribution in [0.5, 0.6) is 0 Å². The third-order valence-corrected chi connectivity index (χ3v) is 0.750. The second kappa shape index (κ2) is 2.45. The summed E-state index contributed by atoms with van der Waals surface area (Å²) in [6, 6.07) is 0. The van der Waals surface area contributed by atoms with Crippen molar-refractivity contribution in [1.29, 1.82) is 0 Å². The molecule has 0 aromatic rings. The first-order valence-electron chi connectivity index (χ1n) is 2.53. The van der Waals surface area contributed by atoms with Gasteiger partial charge >= 0.3 is 0 Å². The third kappa shape index (κ3) is 1.69. The van der Waals surface area contributed by atoms with E-state index in [2.05, 4.69) is 15.5 Å². The molecule has 0 atom stereocenters. The van der Waals surface area contributed by atoms with Crippen LogP contribution in [-0.4, -0.2) is 23.8 Å². The van der Waals surface area contributed by atoms with Crippen molar-refractivity contribution in [3.8, 4) is 0 Å². The van der Waals surface area contributed by atoms with Gasteiger partial charge in [0, 0.05) is 6.92 Å². The number of hydroxylamine groups is 1. The molecule has 50 valence electrons. The van der Waals surface area contributed by atoms with Crippen molar-refractivity contribution in [3.05, 3.63) is 0 Å². The summed E-state index contributed by atoms with van der Waals surface area (Å²) in [4.78, 5) is 14.8. The maximum atomic E-state index is 10.3. The summed E-state index contributed by atoms with van der Waals surface area (Å²) in [7, 11) is 0. The quantitative estimate of drug-likeness (QED) is 0.508.